The van der Waals surface area contributed by atoms with Gasteiger partial charge in [0, 0.05) is 5.56 Å². The zero-order valence-corrected chi connectivity index (χ0v) is 17.0. The molecule has 0 spiro atoms. The molecule has 1 aromatic rings. The number of aryl methyl sites for hydroxylation is 1. The molecule has 0 saturated carbocycles. The number of benzene rings is 1. The first-order valence-electron chi connectivity index (χ1n) is 8.53. The molecular formula is C18H26N2O4S2. The molecule has 1 aliphatic rings. The zero-order valence-electron chi connectivity index (χ0n) is 15.4. The molecule has 2 unspecified atom stereocenters. The van der Waals surface area contributed by atoms with Gasteiger partial charge in [-0.2, -0.15) is 11.8 Å². The number of carbonyl (C=O) groups is 2. The third-order valence-electron chi connectivity index (χ3n) is 4.44. The van der Waals surface area contributed by atoms with E-state index in [2.05, 4.69) is 10.6 Å². The Morgan fingerprint density at radius 3 is 2.65 bits per heavy atom. The highest BCUT2D eigenvalue weighted by atomic mass is 32.2. The monoisotopic (exact) mass is 398 g/mol. The van der Waals surface area contributed by atoms with E-state index in [-0.39, 0.29) is 23.3 Å². The smallest absolute Gasteiger partial charge is 0.251 e. The molecule has 2 rings (SSSR count). The summed E-state index contributed by atoms with van der Waals surface area (Å²) in [7, 11) is -3.12. The van der Waals surface area contributed by atoms with Gasteiger partial charge in [-0.1, -0.05) is 17.7 Å². The lowest BCUT2D eigenvalue weighted by Crippen LogP contribution is -2.55. The molecule has 1 heterocycles. The van der Waals surface area contributed by atoms with Crippen molar-refractivity contribution in [3.8, 4) is 0 Å². The van der Waals surface area contributed by atoms with Crippen molar-refractivity contribution in [2.75, 3.05) is 23.5 Å². The van der Waals surface area contributed by atoms with E-state index in [1.807, 2.05) is 19.2 Å². The van der Waals surface area contributed by atoms with Crippen LogP contribution in [-0.2, 0) is 14.6 Å². The van der Waals surface area contributed by atoms with Crippen LogP contribution < -0.4 is 10.6 Å². The highest BCUT2D eigenvalue weighted by Crippen LogP contribution is 2.23. The molecule has 144 valence electrons. The summed E-state index contributed by atoms with van der Waals surface area (Å²) in [6, 6.07) is 6.47. The van der Waals surface area contributed by atoms with Crippen LogP contribution in [0, 0.1) is 6.92 Å². The molecule has 1 fully saturated rings. The minimum atomic E-state index is -3.12. The number of sulfone groups is 1. The molecule has 2 atom stereocenters. The molecule has 26 heavy (non-hydrogen) atoms. The maximum Gasteiger partial charge on any atom is 0.251 e. The first kappa shape index (κ1) is 20.8. The predicted molar refractivity (Wildman–Crippen MR) is 105 cm³/mol. The van der Waals surface area contributed by atoms with E-state index in [1.165, 1.54) is 0 Å². The van der Waals surface area contributed by atoms with Gasteiger partial charge in [0.15, 0.2) is 9.84 Å². The molecule has 2 N–H and O–H groups in total. The summed E-state index contributed by atoms with van der Waals surface area (Å²) < 4.78 is 23.5. The van der Waals surface area contributed by atoms with Crippen LogP contribution >= 0.6 is 11.8 Å². The van der Waals surface area contributed by atoms with Crippen LogP contribution in [0.1, 0.15) is 35.7 Å². The van der Waals surface area contributed by atoms with Gasteiger partial charge in [0.1, 0.15) is 6.04 Å². The van der Waals surface area contributed by atoms with Crippen molar-refractivity contribution in [1.29, 1.82) is 0 Å². The third-order valence-corrected chi connectivity index (χ3v) is 6.99. The lowest BCUT2D eigenvalue weighted by atomic mass is 10.0. The average Bonchev–Trinajstić information content (AvgIpc) is 2.84. The summed E-state index contributed by atoms with van der Waals surface area (Å²) >= 11 is 1.59. The Morgan fingerprint density at radius 2 is 2.08 bits per heavy atom. The number of hydrogen-bond donors (Lipinski definition) is 2. The van der Waals surface area contributed by atoms with E-state index in [0.717, 1.165) is 5.56 Å². The largest absolute Gasteiger partial charge is 0.348 e. The number of rotatable bonds is 7. The maximum absolute atomic E-state index is 12.7. The van der Waals surface area contributed by atoms with Crippen LogP contribution in [0.25, 0.3) is 0 Å². The van der Waals surface area contributed by atoms with Gasteiger partial charge in [-0.05, 0) is 50.8 Å². The molecule has 2 amide bonds. The van der Waals surface area contributed by atoms with E-state index in [9.17, 15) is 18.0 Å². The second-order valence-electron chi connectivity index (χ2n) is 7.07. The standard InChI is InChI=1S/C18H26N2O4S2/c1-13-5-4-6-14(11-13)16(21)19-15(7-9-25-3)17(22)20-18(2)8-10-26(23,24)12-18/h4-6,11,15H,7-10,12H2,1-3H3,(H,19,21)(H,20,22). The topological polar surface area (TPSA) is 92.3 Å². The molecule has 6 nitrogen and oxygen atoms in total. The maximum atomic E-state index is 12.7. The van der Waals surface area contributed by atoms with E-state index >= 15 is 0 Å². The molecule has 0 bridgehead atoms. The first-order valence-corrected chi connectivity index (χ1v) is 11.7. The van der Waals surface area contributed by atoms with Crippen LogP contribution in [0.4, 0.5) is 0 Å². The molecule has 8 heteroatoms. The average molecular weight is 399 g/mol. The highest BCUT2D eigenvalue weighted by molar-refractivity contribution is 7.98. The van der Waals surface area contributed by atoms with Gasteiger partial charge in [0.2, 0.25) is 5.91 Å². The van der Waals surface area contributed by atoms with Crippen molar-refractivity contribution >= 4 is 33.4 Å². The minimum absolute atomic E-state index is 0.0627. The number of carbonyl (C=O) groups excluding carboxylic acids is 2. The fourth-order valence-electron chi connectivity index (χ4n) is 3.03. The Kier molecular flexibility index (Phi) is 6.74. The zero-order chi connectivity index (χ0) is 19.4. The van der Waals surface area contributed by atoms with Crippen LogP contribution in [0.15, 0.2) is 24.3 Å². The molecule has 0 radical (unpaired) electrons. The summed E-state index contributed by atoms with van der Waals surface area (Å²) in [4.78, 5) is 25.2. The number of hydrogen-bond acceptors (Lipinski definition) is 5. The fraction of sp³-hybridized carbons (Fsp3) is 0.556. The van der Waals surface area contributed by atoms with Crippen molar-refractivity contribution in [3.63, 3.8) is 0 Å². The summed E-state index contributed by atoms with van der Waals surface area (Å²) in [5.41, 5.74) is 0.690. The van der Waals surface area contributed by atoms with Crippen molar-refractivity contribution in [1.82, 2.24) is 10.6 Å². The van der Waals surface area contributed by atoms with Gasteiger partial charge >= 0.3 is 0 Å². The van der Waals surface area contributed by atoms with Gasteiger partial charge in [-0.25, -0.2) is 8.42 Å². The minimum Gasteiger partial charge on any atom is -0.348 e. The van der Waals surface area contributed by atoms with Crippen molar-refractivity contribution < 1.29 is 18.0 Å². The van der Waals surface area contributed by atoms with Gasteiger partial charge in [-0.3, -0.25) is 9.59 Å². The van der Waals surface area contributed by atoms with Crippen LogP contribution in [0.3, 0.4) is 0 Å². The van der Waals surface area contributed by atoms with E-state index < -0.39 is 21.4 Å². The summed E-state index contributed by atoms with van der Waals surface area (Å²) in [5.74, 6) is 0.0851. The lowest BCUT2D eigenvalue weighted by molar-refractivity contribution is -0.124. The van der Waals surface area contributed by atoms with E-state index in [1.54, 1.807) is 36.9 Å². The number of amides is 2. The van der Waals surface area contributed by atoms with Crippen LogP contribution in [0.5, 0.6) is 0 Å². The second-order valence-corrected chi connectivity index (χ2v) is 10.2. The summed E-state index contributed by atoms with van der Waals surface area (Å²) in [5, 5.41) is 5.64. The van der Waals surface area contributed by atoms with Crippen LogP contribution in [-0.4, -0.2) is 55.3 Å². The van der Waals surface area contributed by atoms with Crippen molar-refractivity contribution in [2.45, 2.75) is 38.3 Å². The highest BCUT2D eigenvalue weighted by Gasteiger charge is 2.40. The first-order chi connectivity index (χ1) is 12.1. The quantitative estimate of drug-likeness (QED) is 0.727. The summed E-state index contributed by atoms with van der Waals surface area (Å²) in [6.07, 6.45) is 2.80. The third kappa shape index (κ3) is 5.74. The Balaban J connectivity index is 2.08. The molecule has 1 saturated heterocycles. The molecule has 0 aromatic heterocycles. The predicted octanol–water partition coefficient (Wildman–Crippen LogP) is 1.54. The Hall–Kier alpha value is -1.54. The Morgan fingerprint density at radius 1 is 1.35 bits per heavy atom. The molecular weight excluding hydrogens is 372 g/mol. The van der Waals surface area contributed by atoms with Crippen LogP contribution in [0.2, 0.25) is 0 Å². The Bertz CT molecular complexity index is 779. The SMILES string of the molecule is CSCCC(NC(=O)c1cccc(C)c1)C(=O)NC1(C)CCS(=O)(=O)C1. The van der Waals surface area contributed by atoms with E-state index in [4.69, 9.17) is 0 Å². The normalized spacial score (nSPS) is 22.6. The van der Waals surface area contributed by atoms with Gasteiger partial charge < -0.3 is 10.6 Å². The fourth-order valence-corrected chi connectivity index (χ4v) is 5.59. The van der Waals surface area contributed by atoms with Gasteiger partial charge in [-0.15, -0.1) is 0 Å². The van der Waals surface area contributed by atoms with Crippen molar-refractivity contribution in [3.05, 3.63) is 35.4 Å². The second kappa shape index (κ2) is 8.43. The molecule has 1 aliphatic heterocycles. The van der Waals surface area contributed by atoms with Gasteiger partial charge in [0.05, 0.1) is 17.0 Å². The lowest BCUT2D eigenvalue weighted by Gasteiger charge is -2.27. The number of thioether (sulfide) groups is 1. The van der Waals surface area contributed by atoms with Crippen molar-refractivity contribution in [2.24, 2.45) is 0 Å². The number of nitrogens with one attached hydrogen (secondary N) is 2. The van der Waals surface area contributed by atoms with E-state index in [0.29, 0.717) is 24.2 Å². The Labute approximate surface area is 159 Å². The summed E-state index contributed by atoms with van der Waals surface area (Å²) in [6.45, 7) is 3.64. The molecule has 1 aromatic carbocycles. The van der Waals surface area contributed by atoms with Gasteiger partial charge in [0.25, 0.3) is 5.91 Å². The molecule has 0 aliphatic carbocycles.